The fourth-order valence-corrected chi connectivity index (χ4v) is 1.72. The van der Waals surface area contributed by atoms with Crippen molar-refractivity contribution in [3.63, 3.8) is 0 Å². The van der Waals surface area contributed by atoms with Crippen molar-refractivity contribution in [3.8, 4) is 0 Å². The molecule has 0 rings (SSSR count). The van der Waals surface area contributed by atoms with Crippen LogP contribution in [0, 0.1) is 0 Å². The van der Waals surface area contributed by atoms with Crippen LogP contribution in [0.1, 0.15) is 59.3 Å². The van der Waals surface area contributed by atoms with Crippen LogP contribution < -0.4 is 10.6 Å². The highest BCUT2D eigenvalue weighted by Gasteiger charge is 2.03. The van der Waals surface area contributed by atoms with Crippen LogP contribution in [0.2, 0.25) is 0 Å². The minimum atomic E-state index is 0.534. The summed E-state index contributed by atoms with van der Waals surface area (Å²) in [6, 6.07) is 0. The maximum absolute atomic E-state index is 3.46. The number of hydrogen-bond acceptors (Lipinski definition) is 2. The quantitative estimate of drug-likeness (QED) is 0.418. The van der Waals surface area contributed by atoms with Gasteiger partial charge in [-0.25, -0.2) is 0 Å². The van der Waals surface area contributed by atoms with Crippen LogP contribution in [-0.4, -0.2) is 19.3 Å². The normalized spacial score (nSPS) is 11.1. The molecule has 2 N–H and O–H groups in total. The number of unbranched alkanes of at least 4 members (excludes halogenated alkanes) is 4. The van der Waals surface area contributed by atoms with Gasteiger partial charge < -0.3 is 10.6 Å². The lowest BCUT2D eigenvalue weighted by Gasteiger charge is -2.18. The van der Waals surface area contributed by atoms with Gasteiger partial charge in [0.2, 0.25) is 0 Å². The number of rotatable bonds is 10. The Morgan fingerprint density at radius 3 is 1.86 bits per heavy atom. The SMILES string of the molecule is CCCCCCCC(NCC)NCC. The topological polar surface area (TPSA) is 24.1 Å². The number of nitrogens with one attached hydrogen (secondary N) is 2. The van der Waals surface area contributed by atoms with Crippen LogP contribution in [0.4, 0.5) is 0 Å². The Balaban J connectivity index is 3.30. The Bertz CT molecular complexity index is 98.5. The molecule has 0 amide bonds. The molecule has 0 aliphatic heterocycles. The maximum atomic E-state index is 3.46. The molecule has 0 unspecified atom stereocenters. The Morgan fingerprint density at radius 2 is 1.36 bits per heavy atom. The zero-order valence-corrected chi connectivity index (χ0v) is 10.2. The molecule has 0 atom stereocenters. The molecule has 86 valence electrons. The first-order valence-electron chi connectivity index (χ1n) is 6.31. The lowest BCUT2D eigenvalue weighted by molar-refractivity contribution is 0.400. The maximum Gasteiger partial charge on any atom is 0.0571 e. The van der Waals surface area contributed by atoms with Crippen molar-refractivity contribution < 1.29 is 0 Å². The highest BCUT2D eigenvalue weighted by molar-refractivity contribution is 4.62. The first-order chi connectivity index (χ1) is 6.85. The summed E-state index contributed by atoms with van der Waals surface area (Å²) in [5.41, 5.74) is 0. The molecule has 0 bridgehead atoms. The van der Waals surface area contributed by atoms with E-state index in [1.54, 1.807) is 0 Å². The summed E-state index contributed by atoms with van der Waals surface area (Å²) < 4.78 is 0. The van der Waals surface area contributed by atoms with Crippen molar-refractivity contribution in [1.29, 1.82) is 0 Å². The standard InChI is InChI=1S/C12H28N2/c1-4-7-8-9-10-11-12(13-5-2)14-6-3/h12-14H,4-11H2,1-3H3. The largest absolute Gasteiger partial charge is 0.302 e. The summed E-state index contributed by atoms with van der Waals surface area (Å²) in [5, 5.41) is 6.93. The van der Waals surface area contributed by atoms with Crippen molar-refractivity contribution in [2.45, 2.75) is 65.5 Å². The van der Waals surface area contributed by atoms with Crippen LogP contribution in [0.15, 0.2) is 0 Å². The molecule has 0 aromatic heterocycles. The summed E-state index contributed by atoms with van der Waals surface area (Å²) in [7, 11) is 0. The van der Waals surface area contributed by atoms with Crippen LogP contribution in [0.25, 0.3) is 0 Å². The highest BCUT2D eigenvalue weighted by Crippen LogP contribution is 2.06. The van der Waals surface area contributed by atoms with Gasteiger partial charge in [0.15, 0.2) is 0 Å². The minimum Gasteiger partial charge on any atom is -0.302 e. The molecule has 0 aromatic carbocycles. The first-order valence-corrected chi connectivity index (χ1v) is 6.31. The molecule has 2 nitrogen and oxygen atoms in total. The number of hydrogen-bond donors (Lipinski definition) is 2. The van der Waals surface area contributed by atoms with Gasteiger partial charge >= 0.3 is 0 Å². The summed E-state index contributed by atoms with van der Waals surface area (Å²) in [6.07, 6.45) is 8.68. The fourth-order valence-electron chi connectivity index (χ4n) is 1.72. The van der Waals surface area contributed by atoms with E-state index in [4.69, 9.17) is 0 Å². The van der Waals surface area contributed by atoms with Gasteiger partial charge in [-0.2, -0.15) is 0 Å². The zero-order valence-electron chi connectivity index (χ0n) is 10.2. The predicted molar refractivity (Wildman–Crippen MR) is 64.5 cm³/mol. The van der Waals surface area contributed by atoms with E-state index in [0.717, 1.165) is 13.1 Å². The zero-order chi connectivity index (χ0) is 10.6. The van der Waals surface area contributed by atoms with Gasteiger partial charge in [0, 0.05) is 0 Å². The molecule has 0 spiro atoms. The van der Waals surface area contributed by atoms with Gasteiger partial charge in [-0.3, -0.25) is 0 Å². The molecule has 0 saturated heterocycles. The molecule has 2 heteroatoms. The highest BCUT2D eigenvalue weighted by atomic mass is 15.1. The van der Waals surface area contributed by atoms with Gasteiger partial charge in [-0.1, -0.05) is 52.9 Å². The van der Waals surface area contributed by atoms with E-state index in [1.807, 2.05) is 0 Å². The van der Waals surface area contributed by atoms with Crippen molar-refractivity contribution in [1.82, 2.24) is 10.6 Å². The Kier molecular flexibility index (Phi) is 10.9. The van der Waals surface area contributed by atoms with E-state index in [2.05, 4.69) is 31.4 Å². The Morgan fingerprint density at radius 1 is 0.786 bits per heavy atom. The second-order valence-corrected chi connectivity index (χ2v) is 3.87. The van der Waals surface area contributed by atoms with Crippen molar-refractivity contribution in [3.05, 3.63) is 0 Å². The van der Waals surface area contributed by atoms with E-state index in [1.165, 1.54) is 38.5 Å². The van der Waals surface area contributed by atoms with Crippen molar-refractivity contribution in [2.24, 2.45) is 0 Å². The first kappa shape index (κ1) is 13.9. The summed E-state index contributed by atoms with van der Waals surface area (Å²) in [5.74, 6) is 0. The lowest BCUT2D eigenvalue weighted by atomic mass is 10.1. The van der Waals surface area contributed by atoms with Gasteiger partial charge in [-0.15, -0.1) is 0 Å². The van der Waals surface area contributed by atoms with E-state index in [-0.39, 0.29) is 0 Å². The molecule has 14 heavy (non-hydrogen) atoms. The second-order valence-electron chi connectivity index (χ2n) is 3.87. The van der Waals surface area contributed by atoms with Crippen LogP contribution in [-0.2, 0) is 0 Å². The van der Waals surface area contributed by atoms with E-state index < -0.39 is 0 Å². The predicted octanol–water partition coefficient (Wildman–Crippen LogP) is 2.89. The van der Waals surface area contributed by atoms with E-state index in [9.17, 15) is 0 Å². The third-order valence-electron chi connectivity index (χ3n) is 2.50. The van der Waals surface area contributed by atoms with Crippen LogP contribution in [0.5, 0.6) is 0 Å². The molecular weight excluding hydrogens is 172 g/mol. The van der Waals surface area contributed by atoms with Crippen molar-refractivity contribution >= 4 is 0 Å². The smallest absolute Gasteiger partial charge is 0.0571 e. The molecule has 0 heterocycles. The summed E-state index contributed by atoms with van der Waals surface area (Å²) >= 11 is 0. The van der Waals surface area contributed by atoms with E-state index >= 15 is 0 Å². The fraction of sp³-hybridized carbons (Fsp3) is 1.00. The van der Waals surface area contributed by atoms with Gasteiger partial charge in [-0.05, 0) is 19.5 Å². The third kappa shape index (κ3) is 8.52. The second kappa shape index (κ2) is 11.0. The van der Waals surface area contributed by atoms with Gasteiger partial charge in [0.1, 0.15) is 0 Å². The molecule has 0 fully saturated rings. The molecule has 0 saturated carbocycles. The molecule has 0 aromatic rings. The summed E-state index contributed by atoms with van der Waals surface area (Å²) in [6.45, 7) is 8.72. The van der Waals surface area contributed by atoms with Crippen LogP contribution in [0.3, 0.4) is 0 Å². The monoisotopic (exact) mass is 200 g/mol. The van der Waals surface area contributed by atoms with Gasteiger partial charge in [0.25, 0.3) is 0 Å². The Labute approximate surface area is 89.9 Å². The third-order valence-corrected chi connectivity index (χ3v) is 2.50. The molecular formula is C12H28N2. The summed E-state index contributed by atoms with van der Waals surface area (Å²) in [4.78, 5) is 0. The average molecular weight is 200 g/mol. The van der Waals surface area contributed by atoms with E-state index in [0.29, 0.717) is 6.17 Å². The minimum absolute atomic E-state index is 0.534. The molecule has 0 aliphatic carbocycles. The molecule has 0 aliphatic rings. The van der Waals surface area contributed by atoms with Crippen molar-refractivity contribution in [2.75, 3.05) is 13.1 Å². The van der Waals surface area contributed by atoms with Gasteiger partial charge in [0.05, 0.1) is 6.17 Å². The lowest BCUT2D eigenvalue weighted by Crippen LogP contribution is -2.41. The van der Waals surface area contributed by atoms with Crippen LogP contribution >= 0.6 is 0 Å². The Hall–Kier alpha value is -0.0800. The molecule has 0 radical (unpaired) electrons. The average Bonchev–Trinajstić information content (AvgIpc) is 2.18.